The molecule has 0 radical (unpaired) electrons. The van der Waals surface area contributed by atoms with Crippen molar-refractivity contribution in [3.05, 3.63) is 29.6 Å². The number of likely N-dealkylation sites (N-methyl/N-ethyl adjacent to an activating group) is 1. The van der Waals surface area contributed by atoms with Crippen molar-refractivity contribution < 1.29 is 27.9 Å². The number of aromatic nitrogens is 1. The minimum Gasteiger partial charge on any atom is -0.480 e. The first-order valence-corrected chi connectivity index (χ1v) is 4.72. The first-order chi connectivity index (χ1) is 8.21. The fourth-order valence-corrected chi connectivity index (χ4v) is 1.18. The average Bonchev–Trinajstić information content (AvgIpc) is 2.26. The largest absolute Gasteiger partial charge is 0.480 e. The summed E-state index contributed by atoms with van der Waals surface area (Å²) in [6.45, 7) is -0.542. The topological polar surface area (TPSA) is 70.5 Å². The fourth-order valence-electron chi connectivity index (χ4n) is 1.18. The maximum absolute atomic E-state index is 12.2. The number of aliphatic carboxylic acids is 1. The minimum atomic E-state index is -4.57. The predicted octanol–water partition coefficient (Wildman–Crippen LogP) is 1.26. The number of halogens is 3. The standard InChI is InChI=1S/C10H9F3N2O3/c1-15(5-8(16)17)9(18)6-2-3-7(14-4-6)10(11,12)13/h2-4H,5H2,1H3,(H,16,17). The number of hydrogen-bond donors (Lipinski definition) is 1. The van der Waals surface area contributed by atoms with Crippen LogP contribution < -0.4 is 0 Å². The lowest BCUT2D eigenvalue weighted by Crippen LogP contribution is -2.32. The number of carbonyl (C=O) groups excluding carboxylic acids is 1. The van der Waals surface area contributed by atoms with E-state index in [1.54, 1.807) is 0 Å². The molecule has 0 saturated carbocycles. The van der Waals surface area contributed by atoms with Gasteiger partial charge in [-0.1, -0.05) is 0 Å². The number of amides is 1. The molecule has 0 fully saturated rings. The molecule has 0 atom stereocenters. The normalized spacial score (nSPS) is 11.1. The number of nitrogens with zero attached hydrogens (tertiary/aromatic N) is 2. The number of rotatable bonds is 3. The van der Waals surface area contributed by atoms with Gasteiger partial charge in [0.15, 0.2) is 0 Å². The van der Waals surface area contributed by atoms with Gasteiger partial charge < -0.3 is 10.0 Å². The van der Waals surface area contributed by atoms with Crippen molar-refractivity contribution in [2.75, 3.05) is 13.6 Å². The van der Waals surface area contributed by atoms with Crippen LogP contribution in [-0.2, 0) is 11.0 Å². The molecule has 0 spiro atoms. The van der Waals surface area contributed by atoms with Gasteiger partial charge in [-0.2, -0.15) is 13.2 Å². The lowest BCUT2D eigenvalue weighted by Gasteiger charge is -2.14. The Labute approximate surface area is 99.8 Å². The van der Waals surface area contributed by atoms with Crippen molar-refractivity contribution in [1.82, 2.24) is 9.88 Å². The third kappa shape index (κ3) is 3.44. The van der Waals surface area contributed by atoms with Crippen LogP contribution in [0.25, 0.3) is 0 Å². The van der Waals surface area contributed by atoms with Gasteiger partial charge in [0.2, 0.25) is 0 Å². The summed E-state index contributed by atoms with van der Waals surface area (Å²) in [6, 6.07) is 1.62. The van der Waals surface area contributed by atoms with E-state index in [2.05, 4.69) is 4.98 Å². The Morgan fingerprint density at radius 3 is 2.39 bits per heavy atom. The quantitative estimate of drug-likeness (QED) is 0.890. The highest BCUT2D eigenvalue weighted by Crippen LogP contribution is 2.27. The number of carbonyl (C=O) groups is 2. The molecular weight excluding hydrogens is 253 g/mol. The maximum atomic E-state index is 12.2. The molecule has 5 nitrogen and oxygen atoms in total. The van der Waals surface area contributed by atoms with E-state index in [0.717, 1.165) is 17.2 Å². The summed E-state index contributed by atoms with van der Waals surface area (Å²) >= 11 is 0. The van der Waals surface area contributed by atoms with Gasteiger partial charge in [0.05, 0.1) is 5.56 Å². The smallest absolute Gasteiger partial charge is 0.433 e. The number of pyridine rings is 1. The van der Waals surface area contributed by atoms with E-state index in [0.29, 0.717) is 6.07 Å². The lowest BCUT2D eigenvalue weighted by molar-refractivity contribution is -0.141. The van der Waals surface area contributed by atoms with E-state index >= 15 is 0 Å². The van der Waals surface area contributed by atoms with Crippen LogP contribution in [0.3, 0.4) is 0 Å². The van der Waals surface area contributed by atoms with Crippen LogP contribution >= 0.6 is 0 Å². The minimum absolute atomic E-state index is 0.105. The fraction of sp³-hybridized carbons (Fsp3) is 0.300. The summed E-state index contributed by atoms with van der Waals surface area (Å²) in [6.07, 6.45) is -3.81. The van der Waals surface area contributed by atoms with E-state index in [1.165, 1.54) is 7.05 Å². The van der Waals surface area contributed by atoms with Crippen LogP contribution in [0, 0.1) is 0 Å². The van der Waals surface area contributed by atoms with Gasteiger partial charge in [0.25, 0.3) is 5.91 Å². The summed E-state index contributed by atoms with van der Waals surface area (Å²) in [5.74, 6) is -1.93. The average molecular weight is 262 g/mol. The Bertz CT molecular complexity index is 456. The maximum Gasteiger partial charge on any atom is 0.433 e. The van der Waals surface area contributed by atoms with Crippen LogP contribution in [0.15, 0.2) is 18.3 Å². The molecule has 98 valence electrons. The Morgan fingerprint density at radius 1 is 1.39 bits per heavy atom. The second-order valence-corrected chi connectivity index (χ2v) is 3.48. The highest BCUT2D eigenvalue weighted by Gasteiger charge is 2.32. The van der Waals surface area contributed by atoms with Gasteiger partial charge in [-0.25, -0.2) is 0 Å². The predicted molar refractivity (Wildman–Crippen MR) is 53.8 cm³/mol. The molecule has 0 aliphatic heterocycles. The number of hydrogen-bond acceptors (Lipinski definition) is 3. The molecule has 18 heavy (non-hydrogen) atoms. The van der Waals surface area contributed by atoms with Crippen LogP contribution in [-0.4, -0.2) is 40.5 Å². The molecule has 1 amide bonds. The molecule has 1 N–H and O–H groups in total. The van der Waals surface area contributed by atoms with Gasteiger partial charge in [-0.05, 0) is 12.1 Å². The SMILES string of the molecule is CN(CC(=O)O)C(=O)c1ccc(C(F)(F)F)nc1. The molecule has 1 aromatic rings. The zero-order valence-electron chi connectivity index (χ0n) is 9.23. The zero-order valence-corrected chi connectivity index (χ0v) is 9.23. The number of alkyl halides is 3. The summed E-state index contributed by atoms with van der Waals surface area (Å²) < 4.78 is 36.6. The van der Waals surface area contributed by atoms with Gasteiger partial charge >= 0.3 is 12.1 Å². The van der Waals surface area contributed by atoms with Gasteiger partial charge in [0.1, 0.15) is 12.2 Å². The van der Waals surface area contributed by atoms with Crippen molar-refractivity contribution in [2.24, 2.45) is 0 Å². The van der Waals surface area contributed by atoms with Gasteiger partial charge in [-0.15, -0.1) is 0 Å². The molecule has 0 bridgehead atoms. The third-order valence-corrected chi connectivity index (χ3v) is 2.02. The molecule has 0 aliphatic carbocycles. The molecule has 1 heterocycles. The van der Waals surface area contributed by atoms with Crippen LogP contribution in [0.5, 0.6) is 0 Å². The number of carboxylic acids is 1. The first kappa shape index (κ1) is 13.9. The van der Waals surface area contributed by atoms with Crippen molar-refractivity contribution in [3.8, 4) is 0 Å². The van der Waals surface area contributed by atoms with E-state index in [1.807, 2.05) is 0 Å². The molecule has 0 saturated heterocycles. The van der Waals surface area contributed by atoms with Crippen LogP contribution in [0.2, 0.25) is 0 Å². The van der Waals surface area contributed by atoms with Gasteiger partial charge in [0, 0.05) is 13.2 Å². The Kier molecular flexibility index (Phi) is 3.89. The molecule has 0 aliphatic rings. The summed E-state index contributed by atoms with van der Waals surface area (Å²) in [7, 11) is 1.23. The lowest BCUT2D eigenvalue weighted by atomic mass is 10.2. The van der Waals surface area contributed by atoms with E-state index < -0.39 is 30.3 Å². The molecule has 1 rings (SSSR count). The van der Waals surface area contributed by atoms with Crippen LogP contribution in [0.4, 0.5) is 13.2 Å². The Morgan fingerprint density at radius 2 is 2.00 bits per heavy atom. The Balaban J connectivity index is 2.85. The first-order valence-electron chi connectivity index (χ1n) is 4.72. The van der Waals surface area contributed by atoms with Crippen molar-refractivity contribution in [1.29, 1.82) is 0 Å². The highest BCUT2D eigenvalue weighted by molar-refractivity contribution is 5.95. The summed E-state index contributed by atoms with van der Waals surface area (Å²) in [4.78, 5) is 25.9. The third-order valence-electron chi connectivity index (χ3n) is 2.02. The second kappa shape index (κ2) is 5.03. The molecule has 0 unspecified atom stereocenters. The van der Waals surface area contributed by atoms with E-state index in [-0.39, 0.29) is 5.56 Å². The molecule has 0 aromatic carbocycles. The van der Waals surface area contributed by atoms with E-state index in [9.17, 15) is 22.8 Å². The molecular formula is C10H9F3N2O3. The molecule has 1 aromatic heterocycles. The van der Waals surface area contributed by atoms with Crippen molar-refractivity contribution >= 4 is 11.9 Å². The van der Waals surface area contributed by atoms with Gasteiger partial charge in [-0.3, -0.25) is 14.6 Å². The second-order valence-electron chi connectivity index (χ2n) is 3.48. The molecule has 8 heteroatoms. The van der Waals surface area contributed by atoms with E-state index in [4.69, 9.17) is 5.11 Å². The highest BCUT2D eigenvalue weighted by atomic mass is 19.4. The van der Waals surface area contributed by atoms with Crippen molar-refractivity contribution in [2.45, 2.75) is 6.18 Å². The summed E-state index contributed by atoms with van der Waals surface area (Å²) in [5.41, 5.74) is -1.22. The summed E-state index contributed by atoms with van der Waals surface area (Å²) in [5, 5.41) is 8.47. The number of carboxylic acid groups (broad SMARTS) is 1. The monoisotopic (exact) mass is 262 g/mol. The van der Waals surface area contributed by atoms with Crippen LogP contribution in [0.1, 0.15) is 16.1 Å². The zero-order chi connectivity index (χ0) is 13.9. The Hall–Kier alpha value is -2.12. The van der Waals surface area contributed by atoms with Crippen molar-refractivity contribution in [3.63, 3.8) is 0 Å².